The van der Waals surface area contributed by atoms with Crippen molar-refractivity contribution < 1.29 is 14.3 Å². The number of hydrogen-bond acceptors (Lipinski definition) is 3. The summed E-state index contributed by atoms with van der Waals surface area (Å²) >= 11 is 0. The van der Waals surface area contributed by atoms with Gasteiger partial charge >= 0.3 is 5.97 Å². The number of hydrogen-bond donors (Lipinski definition) is 0. The summed E-state index contributed by atoms with van der Waals surface area (Å²) in [5.74, 6) is -0.0866. The molecule has 0 spiro atoms. The van der Waals surface area contributed by atoms with E-state index in [1.807, 2.05) is 6.92 Å². The lowest BCUT2D eigenvalue weighted by molar-refractivity contribution is -0.153. The number of fused-ring (bicyclic) bond motifs is 1. The number of epoxide rings is 1. The van der Waals surface area contributed by atoms with Gasteiger partial charge in [0, 0.05) is 0 Å². The van der Waals surface area contributed by atoms with E-state index in [1.54, 1.807) is 0 Å². The topological polar surface area (TPSA) is 38.8 Å². The van der Waals surface area contributed by atoms with Gasteiger partial charge in [-0.2, -0.15) is 0 Å². The van der Waals surface area contributed by atoms with E-state index in [4.69, 9.17) is 9.47 Å². The van der Waals surface area contributed by atoms with Crippen molar-refractivity contribution in [1.82, 2.24) is 0 Å². The lowest BCUT2D eigenvalue weighted by Crippen LogP contribution is -2.34. The monoisotopic (exact) mass is 170 g/mol. The summed E-state index contributed by atoms with van der Waals surface area (Å²) < 4.78 is 10.1. The maximum Gasteiger partial charge on any atom is 0.311 e. The second-order valence-electron chi connectivity index (χ2n) is 4.01. The third kappa shape index (κ3) is 1.12. The molecule has 1 aliphatic heterocycles. The van der Waals surface area contributed by atoms with Gasteiger partial charge in [-0.3, -0.25) is 4.79 Å². The fraction of sp³-hybridized carbons (Fsp3) is 0.889. The molecule has 3 atom stereocenters. The lowest BCUT2D eigenvalue weighted by atomic mass is 9.76. The summed E-state index contributed by atoms with van der Waals surface area (Å²) in [5.41, 5.74) is -0.285. The average molecular weight is 170 g/mol. The van der Waals surface area contributed by atoms with E-state index >= 15 is 0 Å². The van der Waals surface area contributed by atoms with E-state index in [-0.39, 0.29) is 11.4 Å². The number of rotatable bonds is 1. The molecule has 2 rings (SSSR count). The molecule has 0 aromatic carbocycles. The first kappa shape index (κ1) is 8.05. The Morgan fingerprint density at radius 1 is 1.58 bits per heavy atom. The minimum atomic E-state index is -0.285. The first-order valence-corrected chi connectivity index (χ1v) is 4.39. The molecule has 1 saturated carbocycles. The predicted octanol–water partition coefficient (Wildman–Crippen LogP) is 1.12. The molecule has 0 N–H and O–H groups in total. The lowest BCUT2D eigenvalue weighted by Gasteiger charge is -2.27. The van der Waals surface area contributed by atoms with Crippen molar-refractivity contribution in [3.63, 3.8) is 0 Å². The molecular weight excluding hydrogens is 156 g/mol. The molecule has 0 amide bonds. The van der Waals surface area contributed by atoms with Crippen LogP contribution in [0.25, 0.3) is 0 Å². The highest BCUT2D eigenvalue weighted by atomic mass is 16.6. The van der Waals surface area contributed by atoms with Crippen molar-refractivity contribution in [1.29, 1.82) is 0 Å². The Hall–Kier alpha value is -0.570. The summed E-state index contributed by atoms with van der Waals surface area (Å²) in [4.78, 5) is 11.4. The van der Waals surface area contributed by atoms with E-state index in [0.717, 1.165) is 19.3 Å². The van der Waals surface area contributed by atoms with Crippen LogP contribution in [0.4, 0.5) is 0 Å². The number of esters is 1. The smallest absolute Gasteiger partial charge is 0.311 e. The molecule has 0 radical (unpaired) electrons. The van der Waals surface area contributed by atoms with Gasteiger partial charge in [-0.15, -0.1) is 0 Å². The molecule has 0 aromatic heterocycles. The van der Waals surface area contributed by atoms with E-state index in [2.05, 4.69) is 0 Å². The van der Waals surface area contributed by atoms with Crippen LogP contribution in [0.1, 0.15) is 26.2 Å². The van der Waals surface area contributed by atoms with Crippen LogP contribution < -0.4 is 0 Å². The molecule has 3 nitrogen and oxygen atoms in total. The number of ether oxygens (including phenoxy) is 2. The predicted molar refractivity (Wildman–Crippen MR) is 42.6 cm³/mol. The quantitative estimate of drug-likeness (QED) is 0.437. The zero-order valence-electron chi connectivity index (χ0n) is 7.50. The first-order chi connectivity index (χ1) is 5.65. The second-order valence-corrected chi connectivity index (χ2v) is 4.01. The minimum absolute atomic E-state index is 0.0866. The zero-order valence-corrected chi connectivity index (χ0v) is 7.50. The van der Waals surface area contributed by atoms with Crippen LogP contribution in [-0.2, 0) is 14.3 Å². The minimum Gasteiger partial charge on any atom is -0.469 e. The SMILES string of the molecule is COC(=O)C1(C)CCC2OC2C1. The van der Waals surface area contributed by atoms with Crippen LogP contribution in [0.5, 0.6) is 0 Å². The highest BCUT2D eigenvalue weighted by molar-refractivity contribution is 5.76. The highest BCUT2D eigenvalue weighted by Gasteiger charge is 2.51. The molecule has 1 saturated heterocycles. The molecular formula is C9H14O3. The fourth-order valence-electron chi connectivity index (χ4n) is 2.05. The number of carbonyl (C=O) groups is 1. The summed E-state index contributed by atoms with van der Waals surface area (Å²) in [7, 11) is 1.45. The van der Waals surface area contributed by atoms with Crippen LogP contribution in [0.15, 0.2) is 0 Å². The largest absolute Gasteiger partial charge is 0.469 e. The van der Waals surface area contributed by atoms with Gasteiger partial charge in [0.15, 0.2) is 0 Å². The molecule has 1 aliphatic carbocycles. The Kier molecular flexibility index (Phi) is 1.65. The van der Waals surface area contributed by atoms with E-state index in [9.17, 15) is 4.79 Å². The van der Waals surface area contributed by atoms with Gasteiger partial charge in [-0.1, -0.05) is 0 Å². The van der Waals surface area contributed by atoms with Crippen LogP contribution in [0.3, 0.4) is 0 Å². The average Bonchev–Trinajstić information content (AvgIpc) is 2.80. The van der Waals surface area contributed by atoms with Gasteiger partial charge in [0.05, 0.1) is 24.7 Å². The Bertz CT molecular complexity index is 214. The van der Waals surface area contributed by atoms with Crippen molar-refractivity contribution in [2.75, 3.05) is 7.11 Å². The molecule has 0 aromatic rings. The van der Waals surface area contributed by atoms with Crippen molar-refractivity contribution >= 4 is 5.97 Å². The van der Waals surface area contributed by atoms with E-state index < -0.39 is 0 Å². The summed E-state index contributed by atoms with van der Waals surface area (Å²) in [6.45, 7) is 1.97. The van der Waals surface area contributed by atoms with Crippen LogP contribution >= 0.6 is 0 Å². The second kappa shape index (κ2) is 2.46. The molecule has 1 heterocycles. The molecule has 0 bridgehead atoms. The van der Waals surface area contributed by atoms with Crippen molar-refractivity contribution in [3.8, 4) is 0 Å². The zero-order chi connectivity index (χ0) is 8.77. The molecule has 3 unspecified atom stereocenters. The maximum absolute atomic E-state index is 11.4. The van der Waals surface area contributed by atoms with Crippen LogP contribution in [0, 0.1) is 5.41 Å². The molecule has 3 heteroatoms. The van der Waals surface area contributed by atoms with E-state index in [1.165, 1.54) is 7.11 Å². The standard InChI is InChI=1S/C9H14O3/c1-9(8(10)11-2)4-3-6-7(5-9)12-6/h6-7H,3-5H2,1-2H3. The summed E-state index contributed by atoms with van der Waals surface area (Å²) in [6, 6.07) is 0. The summed E-state index contributed by atoms with van der Waals surface area (Å²) in [6.07, 6.45) is 3.53. The van der Waals surface area contributed by atoms with Crippen molar-refractivity contribution in [2.45, 2.75) is 38.4 Å². The maximum atomic E-state index is 11.4. The van der Waals surface area contributed by atoms with Crippen molar-refractivity contribution in [2.24, 2.45) is 5.41 Å². The highest BCUT2D eigenvalue weighted by Crippen LogP contribution is 2.46. The Balaban J connectivity index is 2.04. The molecule has 2 aliphatic rings. The number of carbonyl (C=O) groups excluding carboxylic acids is 1. The molecule has 12 heavy (non-hydrogen) atoms. The fourth-order valence-corrected chi connectivity index (χ4v) is 2.05. The Labute approximate surface area is 72.0 Å². The normalized spacial score (nSPS) is 44.8. The molecule has 68 valence electrons. The van der Waals surface area contributed by atoms with E-state index in [0.29, 0.717) is 12.2 Å². The van der Waals surface area contributed by atoms with Gasteiger partial charge in [0.25, 0.3) is 0 Å². The van der Waals surface area contributed by atoms with Gasteiger partial charge < -0.3 is 9.47 Å². The van der Waals surface area contributed by atoms with Crippen LogP contribution in [0.2, 0.25) is 0 Å². The van der Waals surface area contributed by atoms with Gasteiger partial charge in [-0.05, 0) is 26.2 Å². The first-order valence-electron chi connectivity index (χ1n) is 4.39. The number of methoxy groups -OCH3 is 1. The third-order valence-corrected chi connectivity index (χ3v) is 3.00. The van der Waals surface area contributed by atoms with Crippen molar-refractivity contribution in [3.05, 3.63) is 0 Å². The van der Waals surface area contributed by atoms with Gasteiger partial charge in [0.1, 0.15) is 0 Å². The van der Waals surface area contributed by atoms with Gasteiger partial charge in [0.2, 0.25) is 0 Å². The van der Waals surface area contributed by atoms with Gasteiger partial charge in [-0.25, -0.2) is 0 Å². The molecule has 2 fully saturated rings. The Morgan fingerprint density at radius 2 is 2.33 bits per heavy atom. The summed E-state index contributed by atoms with van der Waals surface area (Å²) in [5, 5.41) is 0. The third-order valence-electron chi connectivity index (χ3n) is 3.00. The van der Waals surface area contributed by atoms with Crippen LogP contribution in [-0.4, -0.2) is 25.3 Å². The Morgan fingerprint density at radius 3 is 2.92 bits per heavy atom.